The zero-order valence-corrected chi connectivity index (χ0v) is 14.5. The molecule has 0 spiro atoms. The van der Waals surface area contributed by atoms with Gasteiger partial charge in [-0.3, -0.25) is 0 Å². The smallest absolute Gasteiger partial charge is 0.338 e. The van der Waals surface area contributed by atoms with Crippen molar-refractivity contribution in [3.05, 3.63) is 47.5 Å². The van der Waals surface area contributed by atoms with E-state index in [1.807, 2.05) is 50.2 Å². The van der Waals surface area contributed by atoms with Crippen molar-refractivity contribution >= 4 is 19.0 Å². The first-order chi connectivity index (χ1) is 11.0. The summed E-state index contributed by atoms with van der Waals surface area (Å²) in [6.07, 6.45) is 0. The Kier molecular flexibility index (Phi) is 3.73. The molecule has 4 nitrogen and oxygen atoms in total. The van der Waals surface area contributed by atoms with Crippen LogP contribution in [0.25, 0.3) is 11.1 Å². The molecule has 120 valence electrons. The number of ether oxygens (including phenoxy) is 2. The molecule has 0 aromatic heterocycles. The van der Waals surface area contributed by atoms with E-state index in [9.17, 15) is 0 Å². The van der Waals surface area contributed by atoms with Gasteiger partial charge < -0.3 is 18.5 Å². The van der Waals surface area contributed by atoms with Gasteiger partial charge in [0.2, 0.25) is 5.79 Å². The molecule has 2 aliphatic heterocycles. The maximum absolute atomic E-state index is 6.09. The van der Waals surface area contributed by atoms with E-state index in [0.29, 0.717) is 13.2 Å². The molecule has 2 aliphatic rings. The monoisotopic (exact) mass is 350 g/mol. The van der Waals surface area contributed by atoms with Crippen LogP contribution in [0.15, 0.2) is 36.4 Å². The molecule has 2 heterocycles. The Balaban J connectivity index is 1.87. The number of halogens is 1. The third-order valence-electron chi connectivity index (χ3n) is 3.89. The highest BCUT2D eigenvalue weighted by Crippen LogP contribution is 2.54. The molecular weight excluding hydrogens is 335 g/mol. The molecule has 2 aromatic rings. The average molecular weight is 351 g/mol. The number of hydrogen-bond acceptors (Lipinski definition) is 4. The topological polar surface area (TPSA) is 36.9 Å². The van der Waals surface area contributed by atoms with Crippen LogP contribution in [0.4, 0.5) is 0 Å². The summed E-state index contributed by atoms with van der Waals surface area (Å²) in [5, 5.41) is 0. The Labute approximate surface area is 141 Å². The van der Waals surface area contributed by atoms with Gasteiger partial charge in [0.1, 0.15) is 11.5 Å². The highest BCUT2D eigenvalue weighted by atomic mass is 35.7. The van der Waals surface area contributed by atoms with Crippen LogP contribution in [0, 0.1) is 0 Å². The fourth-order valence-corrected chi connectivity index (χ4v) is 3.80. The van der Waals surface area contributed by atoms with Gasteiger partial charge >= 0.3 is 7.73 Å². The first kappa shape index (κ1) is 15.2. The highest BCUT2D eigenvalue weighted by molar-refractivity contribution is 7.76. The largest absolute Gasteiger partial charge is 0.462 e. The summed E-state index contributed by atoms with van der Waals surface area (Å²) in [7, 11) is -1.41. The summed E-state index contributed by atoms with van der Waals surface area (Å²) in [4.78, 5) is 0. The zero-order valence-electron chi connectivity index (χ0n) is 12.8. The Morgan fingerprint density at radius 3 is 2.35 bits per heavy atom. The third-order valence-corrected chi connectivity index (χ3v) is 5.05. The van der Waals surface area contributed by atoms with E-state index >= 15 is 0 Å². The van der Waals surface area contributed by atoms with Gasteiger partial charge in [-0.2, -0.15) is 0 Å². The quantitative estimate of drug-likeness (QED) is 0.648. The molecule has 0 aliphatic carbocycles. The minimum atomic E-state index is -1.41. The van der Waals surface area contributed by atoms with Crippen LogP contribution in [0.3, 0.4) is 0 Å². The summed E-state index contributed by atoms with van der Waals surface area (Å²) >= 11 is 6.06. The minimum absolute atomic E-state index is 0.461. The number of rotatable bonds is 1. The van der Waals surface area contributed by atoms with Crippen molar-refractivity contribution in [2.24, 2.45) is 0 Å². The Morgan fingerprint density at radius 2 is 1.61 bits per heavy atom. The van der Waals surface area contributed by atoms with Crippen LogP contribution in [0.2, 0.25) is 0 Å². The van der Waals surface area contributed by atoms with E-state index in [1.54, 1.807) is 0 Å². The Bertz CT molecular complexity index is 762. The first-order valence-corrected chi connectivity index (χ1v) is 9.46. The second-order valence-corrected chi connectivity index (χ2v) is 7.65. The number of fused-ring (bicyclic) bond motifs is 2. The molecule has 0 fully saturated rings. The molecule has 1 atom stereocenters. The van der Waals surface area contributed by atoms with Crippen molar-refractivity contribution in [1.29, 1.82) is 0 Å². The maximum atomic E-state index is 6.09. The van der Waals surface area contributed by atoms with E-state index in [1.165, 1.54) is 0 Å². The SMILES string of the molecule is CC1(C)OCc2cccc(-c3cccc4c3OP(Cl)OC4)c2O1. The van der Waals surface area contributed by atoms with Gasteiger partial charge in [0.15, 0.2) is 0 Å². The fourth-order valence-electron chi connectivity index (χ4n) is 2.79. The average Bonchev–Trinajstić information content (AvgIpc) is 2.53. The lowest BCUT2D eigenvalue weighted by Gasteiger charge is -2.34. The molecule has 6 heteroatoms. The second-order valence-electron chi connectivity index (χ2n) is 5.96. The van der Waals surface area contributed by atoms with E-state index in [-0.39, 0.29) is 0 Å². The normalized spacial score (nSPS) is 21.6. The van der Waals surface area contributed by atoms with Crippen LogP contribution >= 0.6 is 19.0 Å². The van der Waals surface area contributed by atoms with Gasteiger partial charge in [-0.15, -0.1) is 0 Å². The van der Waals surface area contributed by atoms with Gasteiger partial charge in [0, 0.05) is 36.1 Å². The number of benzene rings is 2. The lowest BCUT2D eigenvalue weighted by molar-refractivity contribution is -0.179. The van der Waals surface area contributed by atoms with E-state index < -0.39 is 13.5 Å². The van der Waals surface area contributed by atoms with Crippen LogP contribution in [-0.2, 0) is 22.5 Å². The van der Waals surface area contributed by atoms with E-state index in [4.69, 9.17) is 29.8 Å². The lowest BCUT2D eigenvalue weighted by atomic mass is 9.98. The van der Waals surface area contributed by atoms with Crippen molar-refractivity contribution in [2.45, 2.75) is 32.8 Å². The predicted octanol–water partition coefficient (Wildman–Crippen LogP) is 5.37. The van der Waals surface area contributed by atoms with Gasteiger partial charge in [-0.1, -0.05) is 36.4 Å². The van der Waals surface area contributed by atoms with Gasteiger partial charge in [-0.05, 0) is 11.2 Å². The highest BCUT2D eigenvalue weighted by Gasteiger charge is 2.31. The summed E-state index contributed by atoms with van der Waals surface area (Å²) in [5.74, 6) is 0.966. The molecule has 4 rings (SSSR count). The predicted molar refractivity (Wildman–Crippen MR) is 89.6 cm³/mol. The van der Waals surface area contributed by atoms with Crippen molar-refractivity contribution < 1.29 is 18.5 Å². The maximum Gasteiger partial charge on any atom is 0.338 e. The zero-order chi connectivity index (χ0) is 16.0. The van der Waals surface area contributed by atoms with Crippen LogP contribution in [-0.4, -0.2) is 5.79 Å². The van der Waals surface area contributed by atoms with Crippen LogP contribution in [0.5, 0.6) is 11.5 Å². The Morgan fingerprint density at radius 1 is 0.957 bits per heavy atom. The number of hydrogen-bond donors (Lipinski definition) is 0. The molecule has 0 saturated carbocycles. The van der Waals surface area contributed by atoms with Gasteiger partial charge in [0.05, 0.1) is 13.2 Å². The fraction of sp³-hybridized carbons (Fsp3) is 0.294. The Hall–Kier alpha value is -1.32. The molecule has 0 radical (unpaired) electrons. The van der Waals surface area contributed by atoms with Gasteiger partial charge in [0.25, 0.3) is 0 Å². The van der Waals surface area contributed by atoms with Crippen molar-refractivity contribution in [1.82, 2.24) is 0 Å². The molecule has 2 aromatic carbocycles. The van der Waals surface area contributed by atoms with Crippen molar-refractivity contribution in [3.8, 4) is 22.6 Å². The summed E-state index contributed by atoms with van der Waals surface area (Å²) < 4.78 is 23.0. The lowest BCUT2D eigenvalue weighted by Crippen LogP contribution is -2.35. The third kappa shape index (κ3) is 2.81. The molecule has 0 bridgehead atoms. The molecular formula is C17H16ClO4P. The standard InChI is InChI=1S/C17H16ClO4P/c1-17(2)19-9-11-5-3-7-13(15(11)21-17)14-8-4-6-12-10-20-23(18)22-16(12)14/h3-8H,9-10H2,1-2H3. The van der Waals surface area contributed by atoms with E-state index in [2.05, 4.69) is 0 Å². The molecule has 1 unspecified atom stereocenters. The van der Waals surface area contributed by atoms with Crippen molar-refractivity contribution in [3.63, 3.8) is 0 Å². The first-order valence-electron chi connectivity index (χ1n) is 7.37. The second kappa shape index (κ2) is 5.64. The summed E-state index contributed by atoms with van der Waals surface area (Å²) in [6.45, 7) is 4.81. The number of para-hydroxylation sites is 2. The molecule has 0 N–H and O–H groups in total. The van der Waals surface area contributed by atoms with Crippen molar-refractivity contribution in [2.75, 3.05) is 0 Å². The van der Waals surface area contributed by atoms with Crippen LogP contribution in [0.1, 0.15) is 25.0 Å². The summed E-state index contributed by atoms with van der Waals surface area (Å²) in [5.41, 5.74) is 3.97. The minimum Gasteiger partial charge on any atom is -0.462 e. The van der Waals surface area contributed by atoms with Crippen LogP contribution < -0.4 is 9.26 Å². The molecule has 0 saturated heterocycles. The van der Waals surface area contributed by atoms with E-state index in [0.717, 1.165) is 33.8 Å². The molecule has 23 heavy (non-hydrogen) atoms. The van der Waals surface area contributed by atoms with Gasteiger partial charge in [-0.25, -0.2) is 0 Å². The molecule has 0 amide bonds. The summed E-state index contributed by atoms with van der Waals surface area (Å²) in [6, 6.07) is 12.0.